The fraction of sp³-hybridized carbons (Fsp3) is 0.0244. The maximum Gasteiger partial charge on any atom is 0.0971 e. The van der Waals surface area contributed by atoms with E-state index in [4.69, 9.17) is 0 Å². The largest absolute Gasteiger partial charge is 0.373 e. The van der Waals surface area contributed by atoms with E-state index in [9.17, 15) is 0 Å². The van der Waals surface area contributed by atoms with E-state index in [0.29, 0.717) is 0 Å². The summed E-state index contributed by atoms with van der Waals surface area (Å²) in [6.07, 6.45) is 4.47. The molecule has 1 aliphatic rings. The van der Waals surface area contributed by atoms with Gasteiger partial charge in [0.2, 0.25) is 0 Å². The van der Waals surface area contributed by atoms with E-state index in [1.54, 1.807) is 0 Å². The smallest absolute Gasteiger partial charge is 0.0971 e. The summed E-state index contributed by atoms with van der Waals surface area (Å²) in [5.74, 6) is 0. The van der Waals surface area contributed by atoms with Crippen LogP contribution >= 0.6 is 11.3 Å². The molecule has 1 aromatic heterocycles. The molecule has 1 aliphatic heterocycles. The number of rotatable bonds is 4. The van der Waals surface area contributed by atoms with Gasteiger partial charge in [0.15, 0.2) is 0 Å². The van der Waals surface area contributed by atoms with Crippen molar-refractivity contribution in [1.29, 1.82) is 0 Å². The molecule has 0 atom stereocenters. The number of hydrogen-bond acceptors (Lipinski definition) is 3. The van der Waals surface area contributed by atoms with Crippen molar-refractivity contribution < 1.29 is 0 Å². The molecule has 208 valence electrons. The molecule has 1 N–H and O–H groups in total. The van der Waals surface area contributed by atoms with Crippen molar-refractivity contribution in [2.75, 3.05) is 16.8 Å². The van der Waals surface area contributed by atoms with Gasteiger partial charge in [0.25, 0.3) is 0 Å². The summed E-state index contributed by atoms with van der Waals surface area (Å²) >= 11 is 1.85. The van der Waals surface area contributed by atoms with E-state index < -0.39 is 0 Å². The number of hydrogen-bond donors (Lipinski definition) is 1. The van der Waals surface area contributed by atoms with Gasteiger partial charge in [-0.2, -0.15) is 0 Å². The van der Waals surface area contributed by atoms with Crippen LogP contribution in [-0.2, 0) is 0 Å². The second kappa shape index (κ2) is 10.1. The lowest BCUT2D eigenvalue weighted by molar-refractivity contribution is 1.31. The average Bonchev–Trinajstić information content (AvgIpc) is 3.48. The summed E-state index contributed by atoms with van der Waals surface area (Å²) < 4.78 is 1.28. The van der Waals surface area contributed by atoms with E-state index >= 15 is 0 Å². The Morgan fingerprint density at radius 1 is 0.545 bits per heavy atom. The molecule has 0 fully saturated rings. The minimum absolute atomic E-state index is 0.867. The number of nitrogens with zero attached hydrogens (tertiary/aromatic N) is 1. The van der Waals surface area contributed by atoms with Gasteiger partial charge in [-0.25, -0.2) is 0 Å². The van der Waals surface area contributed by atoms with Crippen LogP contribution in [-0.4, -0.2) is 6.54 Å². The van der Waals surface area contributed by atoms with Gasteiger partial charge < -0.3 is 10.2 Å². The third-order valence-electron chi connectivity index (χ3n) is 8.84. The molecule has 0 saturated heterocycles. The minimum Gasteiger partial charge on any atom is -0.373 e. The van der Waals surface area contributed by atoms with Crippen LogP contribution in [0.4, 0.5) is 22.1 Å². The topological polar surface area (TPSA) is 15.3 Å². The van der Waals surface area contributed by atoms with E-state index in [-0.39, 0.29) is 0 Å². The van der Waals surface area contributed by atoms with Gasteiger partial charge in [-0.05, 0) is 73.8 Å². The Morgan fingerprint density at radius 2 is 1.23 bits per heavy atom. The quantitative estimate of drug-likeness (QED) is 0.208. The number of benzene rings is 7. The van der Waals surface area contributed by atoms with Crippen molar-refractivity contribution in [2.45, 2.75) is 0 Å². The standard InChI is InChI=1S/C41H28N2S/c1-2-8-27(9-3-1)28-19-22-32(23-20-28)43(38-14-6-12-35-36-13-7-25-42-41(36)44-40(35)38)33-24-21-30-16-18-31-17-15-29-10-4-5-11-34(29)39(31)37(30)26-33/h1-24,26,42H,25H2. The van der Waals surface area contributed by atoms with Crippen LogP contribution in [0.25, 0.3) is 59.6 Å². The van der Waals surface area contributed by atoms with Crippen LogP contribution < -0.4 is 10.2 Å². The van der Waals surface area contributed by atoms with E-state index in [2.05, 4.69) is 162 Å². The maximum absolute atomic E-state index is 3.60. The van der Waals surface area contributed by atoms with E-state index in [0.717, 1.165) is 17.9 Å². The zero-order valence-corrected chi connectivity index (χ0v) is 24.8. The minimum atomic E-state index is 0.867. The van der Waals surface area contributed by atoms with Gasteiger partial charge in [0.1, 0.15) is 0 Å². The van der Waals surface area contributed by atoms with Gasteiger partial charge in [0, 0.05) is 28.9 Å². The van der Waals surface area contributed by atoms with Crippen molar-refractivity contribution in [2.24, 2.45) is 0 Å². The summed E-state index contributed by atoms with van der Waals surface area (Å²) in [6, 6.07) is 51.0. The molecule has 0 spiro atoms. The summed E-state index contributed by atoms with van der Waals surface area (Å²) in [4.78, 5) is 2.44. The van der Waals surface area contributed by atoms with E-state index in [1.165, 1.54) is 69.8 Å². The predicted molar refractivity (Wildman–Crippen MR) is 192 cm³/mol. The molecular weight excluding hydrogens is 553 g/mol. The van der Waals surface area contributed by atoms with Crippen molar-refractivity contribution in [3.05, 3.63) is 151 Å². The normalized spacial score (nSPS) is 12.5. The number of thiophene rings is 1. The molecule has 0 saturated carbocycles. The zero-order chi connectivity index (χ0) is 29.0. The Hall–Kier alpha value is -5.38. The van der Waals surface area contributed by atoms with Crippen LogP contribution in [0.3, 0.4) is 0 Å². The van der Waals surface area contributed by atoms with Crippen molar-refractivity contribution in [1.82, 2.24) is 0 Å². The Bertz CT molecular complexity index is 2380. The molecule has 0 radical (unpaired) electrons. The predicted octanol–water partition coefficient (Wildman–Crippen LogP) is 11.9. The summed E-state index contributed by atoms with van der Waals surface area (Å²) in [6.45, 7) is 0.867. The second-order valence-corrected chi connectivity index (χ2v) is 12.4. The summed E-state index contributed by atoms with van der Waals surface area (Å²) in [5.41, 5.74) is 7.19. The third kappa shape index (κ3) is 4.01. The lowest BCUT2D eigenvalue weighted by atomic mass is 9.96. The first-order valence-corrected chi connectivity index (χ1v) is 15.9. The molecule has 44 heavy (non-hydrogen) atoms. The first kappa shape index (κ1) is 25.1. The SMILES string of the molecule is C1=Cc2c(sc3c(N(c4ccc(-c5ccccc5)cc4)c4ccc5ccc6ccc7ccccc7c6c5c4)cccc23)NC1. The third-order valence-corrected chi connectivity index (χ3v) is 10.0. The molecule has 2 nitrogen and oxygen atoms in total. The van der Waals surface area contributed by atoms with Crippen LogP contribution in [0.15, 0.2) is 146 Å². The van der Waals surface area contributed by atoms with Gasteiger partial charge in [0.05, 0.1) is 15.4 Å². The Labute approximate surface area is 260 Å². The molecule has 0 aliphatic carbocycles. The molecule has 9 rings (SSSR count). The van der Waals surface area contributed by atoms with Crippen molar-refractivity contribution in [3.8, 4) is 11.1 Å². The lowest BCUT2D eigenvalue weighted by Crippen LogP contribution is -2.10. The number of fused-ring (bicyclic) bond motifs is 8. The van der Waals surface area contributed by atoms with Crippen LogP contribution in [0.1, 0.15) is 5.56 Å². The highest BCUT2D eigenvalue weighted by Crippen LogP contribution is 2.47. The van der Waals surface area contributed by atoms with Crippen LogP contribution in [0, 0.1) is 0 Å². The second-order valence-electron chi connectivity index (χ2n) is 11.4. The molecule has 7 aromatic carbocycles. The average molecular weight is 581 g/mol. The molecule has 3 heteroatoms. The highest BCUT2D eigenvalue weighted by Gasteiger charge is 2.21. The monoisotopic (exact) mass is 580 g/mol. The molecule has 0 bridgehead atoms. The van der Waals surface area contributed by atoms with Crippen molar-refractivity contribution in [3.63, 3.8) is 0 Å². The first-order valence-electron chi connectivity index (χ1n) is 15.1. The maximum atomic E-state index is 3.60. The number of nitrogens with one attached hydrogen (secondary N) is 1. The first-order chi connectivity index (χ1) is 21.8. The van der Waals surface area contributed by atoms with Crippen molar-refractivity contribution >= 4 is 81.9 Å². The fourth-order valence-electron chi connectivity index (χ4n) is 6.74. The summed E-state index contributed by atoms with van der Waals surface area (Å²) in [5, 5.41) is 13.8. The molecule has 0 unspecified atom stereocenters. The highest BCUT2D eigenvalue weighted by atomic mass is 32.1. The fourth-order valence-corrected chi connectivity index (χ4v) is 7.94. The number of anilines is 4. The van der Waals surface area contributed by atoms with Gasteiger partial charge >= 0.3 is 0 Å². The van der Waals surface area contributed by atoms with Gasteiger partial charge in [-0.3, -0.25) is 0 Å². The zero-order valence-electron chi connectivity index (χ0n) is 24.0. The summed E-state index contributed by atoms with van der Waals surface area (Å²) in [7, 11) is 0. The Balaban J connectivity index is 1.30. The van der Waals surface area contributed by atoms with Gasteiger partial charge in [-0.1, -0.05) is 121 Å². The Kier molecular flexibility index (Phi) is 5.78. The van der Waals surface area contributed by atoms with Gasteiger partial charge in [-0.15, -0.1) is 11.3 Å². The lowest BCUT2D eigenvalue weighted by Gasteiger charge is -2.27. The Morgan fingerprint density at radius 3 is 2.09 bits per heavy atom. The van der Waals surface area contributed by atoms with Crippen LogP contribution in [0.2, 0.25) is 0 Å². The molecule has 2 heterocycles. The molecule has 8 aromatic rings. The molecular formula is C41H28N2S. The highest BCUT2D eigenvalue weighted by molar-refractivity contribution is 7.23. The van der Waals surface area contributed by atoms with Crippen LogP contribution in [0.5, 0.6) is 0 Å². The molecule has 0 amide bonds. The van der Waals surface area contributed by atoms with E-state index in [1.807, 2.05) is 11.3 Å².